The summed E-state index contributed by atoms with van der Waals surface area (Å²) in [6.45, 7) is 4.47. The van der Waals surface area contributed by atoms with E-state index in [1.165, 1.54) is 24.6 Å². The van der Waals surface area contributed by atoms with Gasteiger partial charge in [0.1, 0.15) is 12.4 Å². The lowest BCUT2D eigenvalue weighted by Crippen LogP contribution is -2.16. The van der Waals surface area contributed by atoms with Crippen molar-refractivity contribution in [3.8, 4) is 22.9 Å². The zero-order valence-electron chi connectivity index (χ0n) is 17.2. The first-order valence-electron chi connectivity index (χ1n) is 9.51. The number of fused-ring (bicyclic) bond motifs is 1. The summed E-state index contributed by atoms with van der Waals surface area (Å²) < 4.78 is 10.6. The molecule has 154 valence electrons. The first kappa shape index (κ1) is 19.6. The Bertz CT molecular complexity index is 1240. The van der Waals surface area contributed by atoms with Gasteiger partial charge in [0, 0.05) is 11.6 Å². The lowest BCUT2D eigenvalue weighted by molar-refractivity contribution is 0.355. The summed E-state index contributed by atoms with van der Waals surface area (Å²) in [7, 11) is 3.05. The molecule has 30 heavy (non-hydrogen) atoms. The Morgan fingerprint density at radius 2 is 1.77 bits per heavy atom. The minimum atomic E-state index is -0.277. The van der Waals surface area contributed by atoms with E-state index in [0.29, 0.717) is 40.0 Å². The fourth-order valence-corrected chi connectivity index (χ4v) is 3.17. The van der Waals surface area contributed by atoms with Gasteiger partial charge >= 0.3 is 0 Å². The summed E-state index contributed by atoms with van der Waals surface area (Å²) in [5.41, 5.74) is 2.34. The monoisotopic (exact) mass is 406 g/mol. The fraction of sp³-hybridized carbons (Fsp3) is 0.286. The molecule has 0 radical (unpaired) electrons. The number of tetrazole rings is 1. The molecule has 4 aromatic rings. The van der Waals surface area contributed by atoms with Crippen molar-refractivity contribution in [3.63, 3.8) is 0 Å². The lowest BCUT2D eigenvalue weighted by Gasteiger charge is -2.09. The molecule has 0 unspecified atom stereocenters. The number of nitrogens with one attached hydrogen (secondary N) is 1. The highest BCUT2D eigenvalue weighted by molar-refractivity contribution is 5.81. The number of aromatic amines is 1. The summed E-state index contributed by atoms with van der Waals surface area (Å²) in [6.07, 6.45) is 0. The van der Waals surface area contributed by atoms with Crippen LogP contribution in [0.25, 0.3) is 22.3 Å². The van der Waals surface area contributed by atoms with Crippen LogP contribution in [-0.4, -0.2) is 44.4 Å². The second kappa shape index (κ2) is 7.94. The van der Waals surface area contributed by atoms with E-state index in [2.05, 4.69) is 51.4 Å². The van der Waals surface area contributed by atoms with E-state index >= 15 is 0 Å². The number of nitrogens with zero attached hydrogens (tertiary/aromatic N) is 5. The number of hydrogen-bond donors (Lipinski definition) is 1. The van der Waals surface area contributed by atoms with Gasteiger partial charge in [0.15, 0.2) is 11.5 Å². The van der Waals surface area contributed by atoms with Crippen molar-refractivity contribution in [2.24, 2.45) is 0 Å². The summed E-state index contributed by atoms with van der Waals surface area (Å²) in [5, 5.41) is 13.0. The zero-order chi connectivity index (χ0) is 21.3. The van der Waals surface area contributed by atoms with E-state index < -0.39 is 0 Å². The summed E-state index contributed by atoms with van der Waals surface area (Å²) >= 11 is 0. The molecule has 0 spiro atoms. The highest BCUT2D eigenvalue weighted by Crippen LogP contribution is 2.30. The van der Waals surface area contributed by atoms with Gasteiger partial charge in [0.2, 0.25) is 5.82 Å². The van der Waals surface area contributed by atoms with Crippen molar-refractivity contribution in [1.82, 2.24) is 30.2 Å². The van der Waals surface area contributed by atoms with Gasteiger partial charge in [-0.2, -0.15) is 4.80 Å². The number of rotatable bonds is 6. The molecule has 0 bridgehead atoms. The molecule has 0 amide bonds. The molecule has 2 aromatic heterocycles. The van der Waals surface area contributed by atoms with Gasteiger partial charge in [-0.3, -0.25) is 4.79 Å². The minimum Gasteiger partial charge on any atom is -0.493 e. The first-order valence-corrected chi connectivity index (χ1v) is 9.51. The second-order valence-corrected chi connectivity index (χ2v) is 7.16. The fourth-order valence-electron chi connectivity index (χ4n) is 3.17. The molecule has 0 atom stereocenters. The van der Waals surface area contributed by atoms with Gasteiger partial charge in [-0.15, -0.1) is 10.2 Å². The molecule has 0 fully saturated rings. The molecule has 2 aromatic carbocycles. The Morgan fingerprint density at radius 1 is 1.07 bits per heavy atom. The predicted octanol–water partition coefficient (Wildman–Crippen LogP) is 2.77. The number of hydrogen-bond acceptors (Lipinski definition) is 7. The molecule has 1 N–H and O–H groups in total. The van der Waals surface area contributed by atoms with Crippen LogP contribution in [0.1, 0.15) is 31.2 Å². The number of H-pyrrole nitrogens is 1. The SMILES string of the molecule is COc1cc2nc(Cn3nnc(-c4ccc(C(C)C)cc4)n3)[nH]c(=O)c2cc1OC. The molecule has 9 nitrogen and oxygen atoms in total. The number of benzene rings is 2. The third-order valence-corrected chi connectivity index (χ3v) is 4.84. The van der Waals surface area contributed by atoms with Gasteiger partial charge < -0.3 is 14.5 Å². The van der Waals surface area contributed by atoms with Gasteiger partial charge in [0.25, 0.3) is 5.56 Å². The molecule has 0 saturated heterocycles. The van der Waals surface area contributed by atoms with Crippen LogP contribution in [0.3, 0.4) is 0 Å². The lowest BCUT2D eigenvalue weighted by atomic mass is 10.0. The molecule has 0 aliphatic carbocycles. The van der Waals surface area contributed by atoms with Crippen LogP contribution >= 0.6 is 0 Å². The van der Waals surface area contributed by atoms with Crippen molar-refractivity contribution in [2.45, 2.75) is 26.3 Å². The van der Waals surface area contributed by atoms with Crippen LogP contribution in [0.4, 0.5) is 0 Å². The number of methoxy groups -OCH3 is 2. The molecular weight excluding hydrogens is 384 g/mol. The average molecular weight is 406 g/mol. The van der Waals surface area contributed by atoms with E-state index in [-0.39, 0.29) is 12.1 Å². The third kappa shape index (κ3) is 3.73. The largest absolute Gasteiger partial charge is 0.493 e. The Labute approximate surface area is 172 Å². The van der Waals surface area contributed by atoms with Crippen LogP contribution in [0.5, 0.6) is 11.5 Å². The highest BCUT2D eigenvalue weighted by atomic mass is 16.5. The van der Waals surface area contributed by atoms with Crippen LogP contribution in [0.2, 0.25) is 0 Å². The second-order valence-electron chi connectivity index (χ2n) is 7.16. The molecule has 0 aliphatic rings. The van der Waals surface area contributed by atoms with Gasteiger partial charge in [-0.25, -0.2) is 4.98 Å². The van der Waals surface area contributed by atoms with Gasteiger partial charge in [-0.05, 0) is 22.8 Å². The van der Waals surface area contributed by atoms with Crippen molar-refractivity contribution >= 4 is 10.9 Å². The maximum absolute atomic E-state index is 12.5. The van der Waals surface area contributed by atoms with Crippen molar-refractivity contribution < 1.29 is 9.47 Å². The van der Waals surface area contributed by atoms with Crippen molar-refractivity contribution in [1.29, 1.82) is 0 Å². The summed E-state index contributed by atoms with van der Waals surface area (Å²) in [6, 6.07) is 11.4. The highest BCUT2D eigenvalue weighted by Gasteiger charge is 2.13. The van der Waals surface area contributed by atoms with Crippen LogP contribution < -0.4 is 15.0 Å². The van der Waals surface area contributed by atoms with Crippen LogP contribution in [0.15, 0.2) is 41.2 Å². The van der Waals surface area contributed by atoms with E-state index in [9.17, 15) is 4.79 Å². The normalized spacial score (nSPS) is 11.2. The molecule has 9 heteroatoms. The standard InChI is InChI=1S/C21H22N6O3/c1-12(2)13-5-7-14(8-6-13)20-24-26-27(25-20)11-19-22-16-10-18(30-4)17(29-3)9-15(16)21(28)23-19/h5-10,12H,11H2,1-4H3,(H,22,23,28). The van der Waals surface area contributed by atoms with Crippen molar-refractivity contribution in [3.05, 3.63) is 58.1 Å². The van der Waals surface area contributed by atoms with Crippen molar-refractivity contribution in [2.75, 3.05) is 14.2 Å². The van der Waals surface area contributed by atoms with Gasteiger partial charge in [-0.1, -0.05) is 38.1 Å². The van der Waals surface area contributed by atoms with E-state index in [0.717, 1.165) is 5.56 Å². The van der Waals surface area contributed by atoms with Crippen LogP contribution in [0, 0.1) is 0 Å². The van der Waals surface area contributed by atoms with E-state index in [4.69, 9.17) is 9.47 Å². The number of ether oxygens (including phenoxy) is 2. The smallest absolute Gasteiger partial charge is 0.258 e. The minimum absolute atomic E-state index is 0.177. The first-order chi connectivity index (χ1) is 14.5. The Hall–Kier alpha value is -3.75. The Kier molecular flexibility index (Phi) is 5.18. The molecule has 0 aliphatic heterocycles. The zero-order valence-corrected chi connectivity index (χ0v) is 17.2. The molecular formula is C21H22N6O3. The maximum atomic E-state index is 12.5. The van der Waals surface area contributed by atoms with Gasteiger partial charge in [0.05, 0.1) is 25.1 Å². The Balaban J connectivity index is 1.62. The molecule has 0 saturated carbocycles. The summed E-state index contributed by atoms with van der Waals surface area (Å²) in [5.74, 6) is 2.35. The molecule has 4 rings (SSSR count). The third-order valence-electron chi connectivity index (χ3n) is 4.84. The number of aromatic nitrogens is 6. The maximum Gasteiger partial charge on any atom is 0.258 e. The van der Waals surface area contributed by atoms with E-state index in [1.54, 1.807) is 12.1 Å². The molecule has 2 heterocycles. The quantitative estimate of drug-likeness (QED) is 0.524. The predicted molar refractivity (Wildman–Crippen MR) is 112 cm³/mol. The Morgan fingerprint density at radius 3 is 2.43 bits per heavy atom. The topological polar surface area (TPSA) is 108 Å². The van der Waals surface area contributed by atoms with E-state index in [1.807, 2.05) is 12.1 Å². The van der Waals surface area contributed by atoms with Crippen LogP contribution in [-0.2, 0) is 6.54 Å². The average Bonchev–Trinajstić information content (AvgIpc) is 3.21. The summed E-state index contributed by atoms with van der Waals surface area (Å²) in [4.78, 5) is 21.2.